The number of carboxylic acids is 1. The summed E-state index contributed by atoms with van der Waals surface area (Å²) in [4.78, 5) is 13.1. The van der Waals surface area contributed by atoms with E-state index in [9.17, 15) is 4.79 Å². The summed E-state index contributed by atoms with van der Waals surface area (Å²) in [5.41, 5.74) is 2.91. The Labute approximate surface area is 147 Å². The Morgan fingerprint density at radius 1 is 1.32 bits per heavy atom. The number of likely N-dealkylation sites (tertiary alicyclic amines) is 1. The van der Waals surface area contributed by atoms with Gasteiger partial charge in [0.15, 0.2) is 0 Å². The zero-order valence-electron chi connectivity index (χ0n) is 14.6. The number of hydrogen-bond donors (Lipinski definition) is 1. The lowest BCUT2D eigenvalue weighted by Crippen LogP contribution is -2.23. The molecule has 1 aromatic heterocycles. The highest BCUT2D eigenvalue weighted by Crippen LogP contribution is 2.25. The van der Waals surface area contributed by atoms with Gasteiger partial charge >= 0.3 is 5.97 Å². The first-order valence-electron chi connectivity index (χ1n) is 8.50. The number of nitrogens with zero attached hydrogens (tertiary/aromatic N) is 2. The molecule has 3 rings (SSSR count). The molecule has 0 saturated carbocycles. The summed E-state index contributed by atoms with van der Waals surface area (Å²) < 4.78 is 11.0. The van der Waals surface area contributed by atoms with E-state index in [1.165, 1.54) is 5.56 Å². The van der Waals surface area contributed by atoms with Crippen molar-refractivity contribution < 1.29 is 19.2 Å². The molecule has 2 heterocycles. The van der Waals surface area contributed by atoms with Crippen LogP contribution in [0.3, 0.4) is 0 Å². The Hall–Kier alpha value is -2.18. The van der Waals surface area contributed by atoms with E-state index in [1.807, 2.05) is 37.3 Å². The first-order valence-corrected chi connectivity index (χ1v) is 8.50. The minimum atomic E-state index is -0.805. The number of rotatable bonds is 7. The highest BCUT2D eigenvalue weighted by Gasteiger charge is 2.33. The Bertz CT molecular complexity index is 710. The predicted molar refractivity (Wildman–Crippen MR) is 92.3 cm³/mol. The van der Waals surface area contributed by atoms with E-state index in [0.717, 1.165) is 43.1 Å². The van der Waals surface area contributed by atoms with Gasteiger partial charge in [-0.05, 0) is 18.1 Å². The van der Waals surface area contributed by atoms with Crippen molar-refractivity contribution >= 4 is 5.97 Å². The Morgan fingerprint density at radius 2 is 2.04 bits per heavy atom. The molecule has 25 heavy (non-hydrogen) atoms. The first kappa shape index (κ1) is 17.6. The van der Waals surface area contributed by atoms with Crippen LogP contribution in [-0.4, -0.2) is 47.4 Å². The van der Waals surface area contributed by atoms with Crippen molar-refractivity contribution in [3.63, 3.8) is 0 Å². The summed E-state index contributed by atoms with van der Waals surface area (Å²) in [5, 5.41) is 12.8. The van der Waals surface area contributed by atoms with Crippen molar-refractivity contribution in [1.82, 2.24) is 10.1 Å². The topological polar surface area (TPSA) is 75.8 Å². The molecule has 0 aliphatic carbocycles. The summed E-state index contributed by atoms with van der Waals surface area (Å²) in [5.74, 6) is 0.480. The van der Waals surface area contributed by atoms with Gasteiger partial charge in [0.1, 0.15) is 5.76 Å². The number of benzene rings is 1. The van der Waals surface area contributed by atoms with E-state index in [0.29, 0.717) is 5.92 Å². The fraction of sp³-hybridized carbons (Fsp3) is 0.474. The molecule has 2 aromatic rings. The SMILES string of the molecule is CO[C@H]1CN(Cc2ccc(CC(=O)O)cc2)C[C@H]1Cc1cc(C)no1. The van der Waals surface area contributed by atoms with Crippen LogP contribution in [0.1, 0.15) is 22.6 Å². The number of aliphatic carboxylic acids is 1. The quantitative estimate of drug-likeness (QED) is 0.831. The summed E-state index contributed by atoms with van der Waals surface area (Å²) in [7, 11) is 1.76. The molecular formula is C19H24N2O4. The first-order chi connectivity index (χ1) is 12.0. The third kappa shape index (κ3) is 4.67. The zero-order chi connectivity index (χ0) is 17.8. The average molecular weight is 344 g/mol. The monoisotopic (exact) mass is 344 g/mol. The van der Waals surface area contributed by atoms with Gasteiger partial charge in [-0.2, -0.15) is 0 Å². The van der Waals surface area contributed by atoms with Gasteiger partial charge in [-0.15, -0.1) is 0 Å². The molecule has 0 amide bonds. The van der Waals surface area contributed by atoms with Crippen LogP contribution in [0.15, 0.2) is 34.9 Å². The molecule has 0 unspecified atom stereocenters. The lowest BCUT2D eigenvalue weighted by molar-refractivity contribution is -0.136. The van der Waals surface area contributed by atoms with E-state index >= 15 is 0 Å². The van der Waals surface area contributed by atoms with Gasteiger partial charge in [0.25, 0.3) is 0 Å². The molecule has 6 heteroatoms. The maximum Gasteiger partial charge on any atom is 0.307 e. The maximum absolute atomic E-state index is 10.8. The number of aryl methyl sites for hydroxylation is 1. The van der Waals surface area contributed by atoms with Crippen molar-refractivity contribution in [2.24, 2.45) is 5.92 Å². The second-order valence-corrected chi connectivity index (χ2v) is 6.75. The standard InChI is InChI=1S/C19H24N2O4/c1-13-7-17(25-20-13)9-16-11-21(12-18(16)24-2)10-15-5-3-14(4-6-15)8-19(22)23/h3-7,16,18H,8-12H2,1-2H3,(H,22,23)/t16-,18+/m1/s1. The number of aromatic nitrogens is 1. The molecule has 0 bridgehead atoms. The van der Waals surface area contributed by atoms with Crippen molar-refractivity contribution in [3.8, 4) is 0 Å². The maximum atomic E-state index is 10.8. The van der Waals surface area contributed by atoms with Crippen LogP contribution in [-0.2, 0) is 28.9 Å². The molecule has 1 aromatic carbocycles. The van der Waals surface area contributed by atoms with E-state index in [1.54, 1.807) is 7.11 Å². The number of methoxy groups -OCH3 is 1. The van der Waals surface area contributed by atoms with Crippen LogP contribution >= 0.6 is 0 Å². The van der Waals surface area contributed by atoms with E-state index in [4.69, 9.17) is 14.4 Å². The van der Waals surface area contributed by atoms with Gasteiger partial charge in [-0.3, -0.25) is 9.69 Å². The van der Waals surface area contributed by atoms with E-state index in [2.05, 4.69) is 10.1 Å². The van der Waals surface area contributed by atoms with Crippen LogP contribution in [0.2, 0.25) is 0 Å². The molecule has 134 valence electrons. The summed E-state index contributed by atoms with van der Waals surface area (Å²) in [6.45, 7) is 4.58. The number of hydrogen-bond acceptors (Lipinski definition) is 5. The highest BCUT2D eigenvalue weighted by atomic mass is 16.5. The summed E-state index contributed by atoms with van der Waals surface area (Å²) in [6.07, 6.45) is 1.07. The van der Waals surface area contributed by atoms with Crippen LogP contribution in [0.5, 0.6) is 0 Å². The van der Waals surface area contributed by atoms with Crippen LogP contribution < -0.4 is 0 Å². The number of carbonyl (C=O) groups is 1. The Morgan fingerprint density at radius 3 is 2.64 bits per heavy atom. The fourth-order valence-corrected chi connectivity index (χ4v) is 3.49. The van der Waals surface area contributed by atoms with Crippen LogP contribution in [0.25, 0.3) is 0 Å². The third-order valence-electron chi connectivity index (χ3n) is 4.68. The zero-order valence-corrected chi connectivity index (χ0v) is 14.6. The molecule has 1 saturated heterocycles. The highest BCUT2D eigenvalue weighted by molar-refractivity contribution is 5.70. The fourth-order valence-electron chi connectivity index (χ4n) is 3.49. The van der Waals surface area contributed by atoms with Crippen LogP contribution in [0, 0.1) is 12.8 Å². The largest absolute Gasteiger partial charge is 0.481 e. The second kappa shape index (κ2) is 7.80. The predicted octanol–water partition coefficient (Wildman–Crippen LogP) is 2.30. The molecule has 1 N–H and O–H groups in total. The van der Waals surface area contributed by atoms with Gasteiger partial charge in [-0.1, -0.05) is 29.4 Å². The van der Waals surface area contributed by atoms with Gasteiger partial charge in [-0.25, -0.2) is 0 Å². The van der Waals surface area contributed by atoms with Gasteiger partial charge < -0.3 is 14.4 Å². The minimum absolute atomic E-state index is 0.0639. The van der Waals surface area contributed by atoms with E-state index in [-0.39, 0.29) is 12.5 Å². The van der Waals surface area contributed by atoms with Crippen molar-refractivity contribution in [2.75, 3.05) is 20.2 Å². The molecule has 2 atom stereocenters. The summed E-state index contributed by atoms with van der Waals surface area (Å²) in [6, 6.07) is 9.78. The third-order valence-corrected chi connectivity index (χ3v) is 4.68. The van der Waals surface area contributed by atoms with Crippen LogP contribution in [0.4, 0.5) is 0 Å². The molecule has 6 nitrogen and oxygen atoms in total. The second-order valence-electron chi connectivity index (χ2n) is 6.75. The lowest BCUT2D eigenvalue weighted by atomic mass is 10.0. The number of carboxylic acid groups (broad SMARTS) is 1. The lowest BCUT2D eigenvalue weighted by Gasteiger charge is -2.15. The normalized spacial score (nSPS) is 20.9. The Kier molecular flexibility index (Phi) is 5.50. The Balaban J connectivity index is 1.59. The summed E-state index contributed by atoms with van der Waals surface area (Å²) >= 11 is 0. The van der Waals surface area contributed by atoms with Crippen molar-refractivity contribution in [2.45, 2.75) is 32.4 Å². The molecule has 0 radical (unpaired) electrons. The van der Waals surface area contributed by atoms with Gasteiger partial charge in [0, 0.05) is 45.1 Å². The van der Waals surface area contributed by atoms with E-state index < -0.39 is 5.97 Å². The number of ether oxygens (including phenoxy) is 1. The van der Waals surface area contributed by atoms with Crippen molar-refractivity contribution in [3.05, 3.63) is 52.9 Å². The molecule has 1 aliphatic rings. The van der Waals surface area contributed by atoms with Gasteiger partial charge in [0.2, 0.25) is 0 Å². The molecule has 1 fully saturated rings. The average Bonchev–Trinajstić information content (AvgIpc) is 3.15. The molecule has 0 spiro atoms. The minimum Gasteiger partial charge on any atom is -0.481 e. The molecule has 1 aliphatic heterocycles. The van der Waals surface area contributed by atoms with Crippen molar-refractivity contribution in [1.29, 1.82) is 0 Å². The molecular weight excluding hydrogens is 320 g/mol. The van der Waals surface area contributed by atoms with Gasteiger partial charge in [0.05, 0.1) is 18.2 Å². The smallest absolute Gasteiger partial charge is 0.307 e.